The molecule has 0 aliphatic rings. The lowest BCUT2D eigenvalue weighted by molar-refractivity contribution is -0.123. The second-order valence-corrected chi connectivity index (χ2v) is 8.72. The molecule has 0 saturated heterocycles. The van der Waals surface area contributed by atoms with Crippen molar-refractivity contribution < 1.29 is 9.59 Å². The smallest absolute Gasteiger partial charge is 0.253 e. The zero-order chi connectivity index (χ0) is 20.7. The van der Waals surface area contributed by atoms with Crippen molar-refractivity contribution in [3.63, 3.8) is 0 Å². The second-order valence-electron chi connectivity index (χ2n) is 6.88. The van der Waals surface area contributed by atoms with Crippen LogP contribution >= 0.6 is 27.7 Å². The number of carbonyl (C=O) groups is 2. The summed E-state index contributed by atoms with van der Waals surface area (Å²) in [4.78, 5) is 25.6. The van der Waals surface area contributed by atoms with E-state index >= 15 is 0 Å². The molecule has 0 spiro atoms. The van der Waals surface area contributed by atoms with Gasteiger partial charge in [-0.3, -0.25) is 9.59 Å². The Balaban J connectivity index is 2.13. The zero-order valence-corrected chi connectivity index (χ0v) is 19.1. The van der Waals surface area contributed by atoms with Gasteiger partial charge in [-0.25, -0.2) is 0 Å². The van der Waals surface area contributed by atoms with Crippen LogP contribution in [0.5, 0.6) is 0 Å². The van der Waals surface area contributed by atoms with E-state index in [9.17, 15) is 9.59 Å². The number of rotatable bonds is 8. The van der Waals surface area contributed by atoms with Crippen molar-refractivity contribution in [2.45, 2.75) is 39.3 Å². The number of halogens is 1. The molecule has 0 aliphatic heterocycles. The van der Waals surface area contributed by atoms with Gasteiger partial charge in [-0.05, 0) is 78.4 Å². The number of nitrogens with one attached hydrogen (secondary N) is 2. The maximum Gasteiger partial charge on any atom is 0.253 e. The molecule has 2 unspecified atom stereocenters. The van der Waals surface area contributed by atoms with E-state index in [-0.39, 0.29) is 17.9 Å². The Labute approximate surface area is 180 Å². The molecular formula is C22H27BrN2O2S. The minimum atomic E-state index is -0.584. The van der Waals surface area contributed by atoms with Crippen LogP contribution in [0.3, 0.4) is 0 Å². The fraction of sp³-hybridized carbons (Fsp3) is 0.364. The highest BCUT2D eigenvalue weighted by Gasteiger charge is 2.24. The molecule has 2 aromatic carbocycles. The molecule has 150 valence electrons. The normalized spacial score (nSPS) is 12.9. The SMILES string of the molecule is CSCCC(NC(=O)c1ccccc1Br)C(=O)NC(C)c1cc(C)ccc1C. The molecule has 6 heteroatoms. The van der Waals surface area contributed by atoms with Crippen LogP contribution in [0.4, 0.5) is 0 Å². The molecule has 2 rings (SSSR count). The van der Waals surface area contributed by atoms with E-state index in [1.165, 1.54) is 0 Å². The first-order valence-electron chi connectivity index (χ1n) is 9.25. The van der Waals surface area contributed by atoms with E-state index in [1.807, 2.05) is 39.2 Å². The molecule has 2 N–H and O–H groups in total. The van der Waals surface area contributed by atoms with E-state index in [4.69, 9.17) is 0 Å². The third kappa shape index (κ3) is 6.11. The van der Waals surface area contributed by atoms with Gasteiger partial charge in [-0.2, -0.15) is 11.8 Å². The van der Waals surface area contributed by atoms with Gasteiger partial charge in [0, 0.05) is 4.47 Å². The fourth-order valence-electron chi connectivity index (χ4n) is 3.00. The molecule has 0 fully saturated rings. The van der Waals surface area contributed by atoms with Gasteiger partial charge >= 0.3 is 0 Å². The second kappa shape index (κ2) is 10.7. The van der Waals surface area contributed by atoms with Gasteiger partial charge in [0.25, 0.3) is 5.91 Å². The molecule has 0 heterocycles. The van der Waals surface area contributed by atoms with Crippen LogP contribution in [0.2, 0.25) is 0 Å². The number of benzene rings is 2. The summed E-state index contributed by atoms with van der Waals surface area (Å²) in [5.41, 5.74) is 3.90. The van der Waals surface area contributed by atoms with E-state index < -0.39 is 6.04 Å². The van der Waals surface area contributed by atoms with Crippen molar-refractivity contribution >= 4 is 39.5 Å². The molecule has 2 atom stereocenters. The maximum absolute atomic E-state index is 12.9. The molecule has 0 aromatic heterocycles. The van der Waals surface area contributed by atoms with Gasteiger partial charge in [0.15, 0.2) is 0 Å². The van der Waals surface area contributed by atoms with Crippen molar-refractivity contribution in [3.05, 3.63) is 69.2 Å². The molecule has 0 bridgehead atoms. The lowest BCUT2D eigenvalue weighted by Gasteiger charge is -2.23. The van der Waals surface area contributed by atoms with Crippen LogP contribution in [0.15, 0.2) is 46.9 Å². The first-order valence-corrected chi connectivity index (χ1v) is 11.4. The van der Waals surface area contributed by atoms with Crippen LogP contribution in [-0.2, 0) is 4.79 Å². The summed E-state index contributed by atoms with van der Waals surface area (Å²) >= 11 is 5.05. The van der Waals surface area contributed by atoms with Gasteiger partial charge in [0.2, 0.25) is 5.91 Å². The predicted octanol–water partition coefficient (Wildman–Crippen LogP) is 4.79. The Morgan fingerprint density at radius 3 is 2.50 bits per heavy atom. The summed E-state index contributed by atoms with van der Waals surface area (Å²) in [7, 11) is 0. The number of hydrogen-bond donors (Lipinski definition) is 2. The molecule has 0 radical (unpaired) electrons. The van der Waals surface area contributed by atoms with Crippen molar-refractivity contribution in [1.82, 2.24) is 10.6 Å². The lowest BCUT2D eigenvalue weighted by atomic mass is 9.99. The molecule has 0 aliphatic carbocycles. The number of carbonyl (C=O) groups excluding carboxylic acids is 2. The Hall–Kier alpha value is -1.79. The number of aryl methyl sites for hydroxylation is 2. The quantitative estimate of drug-likeness (QED) is 0.592. The highest BCUT2D eigenvalue weighted by Crippen LogP contribution is 2.20. The van der Waals surface area contributed by atoms with Crippen LogP contribution < -0.4 is 10.6 Å². The Morgan fingerprint density at radius 2 is 1.82 bits per heavy atom. The zero-order valence-electron chi connectivity index (χ0n) is 16.7. The van der Waals surface area contributed by atoms with Crippen molar-refractivity contribution in [2.24, 2.45) is 0 Å². The van der Waals surface area contributed by atoms with E-state index in [1.54, 1.807) is 23.9 Å². The van der Waals surface area contributed by atoms with Crippen LogP contribution in [-0.4, -0.2) is 29.9 Å². The van der Waals surface area contributed by atoms with Gasteiger partial charge in [-0.1, -0.05) is 35.9 Å². The topological polar surface area (TPSA) is 58.2 Å². The molecule has 4 nitrogen and oxygen atoms in total. The minimum Gasteiger partial charge on any atom is -0.348 e. The summed E-state index contributed by atoms with van der Waals surface area (Å²) in [5.74, 6) is 0.364. The molecule has 0 saturated carbocycles. The van der Waals surface area contributed by atoms with Gasteiger partial charge in [0.05, 0.1) is 11.6 Å². The molecule has 2 amide bonds. The van der Waals surface area contributed by atoms with Crippen molar-refractivity contribution in [2.75, 3.05) is 12.0 Å². The Kier molecular flexibility index (Phi) is 8.58. The average Bonchev–Trinajstić information content (AvgIpc) is 2.66. The lowest BCUT2D eigenvalue weighted by Crippen LogP contribution is -2.47. The number of thioether (sulfide) groups is 1. The fourth-order valence-corrected chi connectivity index (χ4v) is 3.94. The summed E-state index contributed by atoms with van der Waals surface area (Å²) in [5, 5.41) is 5.97. The first-order chi connectivity index (χ1) is 13.3. The summed E-state index contributed by atoms with van der Waals surface area (Å²) in [6.07, 6.45) is 2.56. The van der Waals surface area contributed by atoms with Gasteiger partial charge in [0.1, 0.15) is 6.04 Å². The standard InChI is InChI=1S/C22H27BrN2O2S/c1-14-9-10-15(2)18(13-14)16(3)24-22(27)20(11-12-28-4)25-21(26)17-7-5-6-8-19(17)23/h5-10,13,16,20H,11-12H2,1-4H3,(H,24,27)(H,25,26). The van der Waals surface area contributed by atoms with Crippen molar-refractivity contribution in [1.29, 1.82) is 0 Å². The summed E-state index contributed by atoms with van der Waals surface area (Å²) in [6, 6.07) is 12.7. The third-order valence-electron chi connectivity index (χ3n) is 4.61. The largest absolute Gasteiger partial charge is 0.348 e. The van der Waals surface area contributed by atoms with Gasteiger partial charge < -0.3 is 10.6 Å². The van der Waals surface area contributed by atoms with E-state index in [2.05, 4.69) is 44.8 Å². The van der Waals surface area contributed by atoms with E-state index in [0.717, 1.165) is 22.4 Å². The molecule has 28 heavy (non-hydrogen) atoms. The van der Waals surface area contributed by atoms with Crippen LogP contribution in [0.1, 0.15) is 46.4 Å². The van der Waals surface area contributed by atoms with Gasteiger partial charge in [-0.15, -0.1) is 0 Å². The third-order valence-corrected chi connectivity index (χ3v) is 5.95. The summed E-state index contributed by atoms with van der Waals surface area (Å²) in [6.45, 7) is 6.05. The first kappa shape index (κ1) is 22.5. The maximum atomic E-state index is 12.9. The van der Waals surface area contributed by atoms with Crippen LogP contribution in [0, 0.1) is 13.8 Å². The Bertz CT molecular complexity index is 841. The highest BCUT2D eigenvalue weighted by molar-refractivity contribution is 9.10. The molecule has 2 aromatic rings. The number of hydrogen-bond acceptors (Lipinski definition) is 3. The predicted molar refractivity (Wildman–Crippen MR) is 121 cm³/mol. The highest BCUT2D eigenvalue weighted by atomic mass is 79.9. The summed E-state index contributed by atoms with van der Waals surface area (Å²) < 4.78 is 0.709. The minimum absolute atomic E-state index is 0.135. The Morgan fingerprint density at radius 1 is 1.11 bits per heavy atom. The average molecular weight is 463 g/mol. The molecular weight excluding hydrogens is 436 g/mol. The van der Waals surface area contributed by atoms with E-state index in [0.29, 0.717) is 16.5 Å². The van der Waals surface area contributed by atoms with Crippen molar-refractivity contribution in [3.8, 4) is 0 Å². The number of amides is 2. The van der Waals surface area contributed by atoms with Crippen LogP contribution in [0.25, 0.3) is 0 Å². The monoisotopic (exact) mass is 462 g/mol.